The van der Waals surface area contributed by atoms with E-state index in [1.165, 1.54) is 0 Å². The largest absolute Gasteiger partial charge is 0.493 e. The molecule has 1 aromatic heterocycles. The van der Waals surface area contributed by atoms with Crippen LogP contribution >= 0.6 is 11.6 Å². The van der Waals surface area contributed by atoms with E-state index < -0.39 is 13.1 Å². The minimum Gasteiger partial charge on any atom is -0.493 e. The van der Waals surface area contributed by atoms with E-state index in [9.17, 15) is 9.59 Å². The Morgan fingerprint density at radius 3 is 2.45 bits per heavy atom. The number of ether oxygens (including phenoxy) is 2. The number of fused-ring (bicyclic) bond motifs is 1. The fourth-order valence-corrected chi connectivity index (χ4v) is 7.38. The Morgan fingerprint density at radius 2 is 1.79 bits per heavy atom. The molecule has 3 heterocycles. The SMILES string of the molecule is [2H]C([2H])([2H])Oc1cc2c(cc1OC(C)C)[C@H](c1ccc(Cl)cc1)N(c1ccc(N(C)C[C@H]3CC[C@H](N4CCN(C)C(=O)C4)CC3)nc1)C(=O)C2. The number of anilines is 2. The fraction of sp³-hybridized carbons (Fsp3) is 0.486. The lowest BCUT2D eigenvalue weighted by molar-refractivity contribution is -0.135. The summed E-state index contributed by atoms with van der Waals surface area (Å²) in [6.07, 6.45) is 5.97. The van der Waals surface area contributed by atoms with Gasteiger partial charge in [0.2, 0.25) is 11.8 Å². The van der Waals surface area contributed by atoms with Gasteiger partial charge in [-0.15, -0.1) is 0 Å². The van der Waals surface area contributed by atoms with Crippen molar-refractivity contribution in [3.8, 4) is 11.5 Å². The zero-order valence-electron chi connectivity index (χ0n) is 30.6. The Kier molecular flexibility index (Phi) is 8.81. The predicted octanol–water partition coefficient (Wildman–Crippen LogP) is 5.98. The maximum atomic E-state index is 14.0. The normalized spacial score (nSPS) is 23.2. The molecule has 2 fully saturated rings. The fourth-order valence-electron chi connectivity index (χ4n) is 7.26. The summed E-state index contributed by atoms with van der Waals surface area (Å²) in [6, 6.07) is 14.6. The summed E-state index contributed by atoms with van der Waals surface area (Å²) in [5.41, 5.74) is 2.95. The molecule has 2 aromatic carbocycles. The maximum Gasteiger partial charge on any atom is 0.236 e. The third kappa shape index (κ3) is 7.21. The predicted molar refractivity (Wildman–Crippen MR) is 186 cm³/mol. The second-order valence-electron chi connectivity index (χ2n) is 13.4. The van der Waals surface area contributed by atoms with Gasteiger partial charge >= 0.3 is 0 Å². The molecule has 0 unspecified atom stereocenters. The van der Waals surface area contributed by atoms with Gasteiger partial charge in [0.15, 0.2) is 11.5 Å². The molecule has 10 heteroatoms. The van der Waals surface area contributed by atoms with Gasteiger partial charge in [-0.05, 0) is 98.5 Å². The number of amides is 2. The van der Waals surface area contributed by atoms with Crippen molar-refractivity contribution < 1.29 is 23.2 Å². The van der Waals surface area contributed by atoms with Gasteiger partial charge in [0.25, 0.3) is 0 Å². The molecule has 0 N–H and O–H groups in total. The van der Waals surface area contributed by atoms with Crippen molar-refractivity contribution >= 4 is 34.9 Å². The molecule has 2 amide bonds. The van der Waals surface area contributed by atoms with Crippen molar-refractivity contribution in [2.24, 2.45) is 5.92 Å². The number of hydrogen-bond donors (Lipinski definition) is 0. The third-order valence-electron chi connectivity index (χ3n) is 9.78. The van der Waals surface area contributed by atoms with E-state index in [2.05, 4.69) is 16.8 Å². The van der Waals surface area contributed by atoms with E-state index in [1.54, 1.807) is 35.4 Å². The number of halogens is 1. The molecule has 9 nitrogen and oxygen atoms in total. The van der Waals surface area contributed by atoms with E-state index in [0.717, 1.165) is 62.3 Å². The van der Waals surface area contributed by atoms with Crippen molar-refractivity contribution in [3.63, 3.8) is 0 Å². The quantitative estimate of drug-likeness (QED) is 0.279. The molecule has 0 bridgehead atoms. The van der Waals surface area contributed by atoms with Crippen LogP contribution in [0.4, 0.5) is 11.5 Å². The molecule has 47 heavy (non-hydrogen) atoms. The van der Waals surface area contributed by atoms with Gasteiger partial charge in [-0.3, -0.25) is 19.4 Å². The lowest BCUT2D eigenvalue weighted by atomic mass is 9.84. The van der Waals surface area contributed by atoms with Crippen LogP contribution in [0.2, 0.25) is 5.02 Å². The van der Waals surface area contributed by atoms with Gasteiger partial charge in [-0.25, -0.2) is 4.98 Å². The molecule has 250 valence electrons. The summed E-state index contributed by atoms with van der Waals surface area (Å²) in [7, 11) is 1.25. The van der Waals surface area contributed by atoms with Crippen LogP contribution < -0.4 is 19.3 Å². The van der Waals surface area contributed by atoms with E-state index in [4.69, 9.17) is 30.2 Å². The van der Waals surface area contributed by atoms with Gasteiger partial charge in [-0.2, -0.15) is 0 Å². The summed E-state index contributed by atoms with van der Waals surface area (Å²) in [5, 5.41) is 0.574. The minimum atomic E-state index is -2.68. The number of hydrogen-bond acceptors (Lipinski definition) is 7. The number of piperazine rings is 1. The second kappa shape index (κ2) is 14.1. The molecule has 0 radical (unpaired) electrons. The molecular formula is C37H46ClN5O4. The first-order valence-electron chi connectivity index (χ1n) is 18.0. The smallest absolute Gasteiger partial charge is 0.236 e. The molecule has 1 aliphatic carbocycles. The second-order valence-corrected chi connectivity index (χ2v) is 13.8. The Balaban J connectivity index is 1.22. The van der Waals surface area contributed by atoms with Crippen LogP contribution in [0.1, 0.15) is 66.4 Å². The first kappa shape index (κ1) is 29.3. The maximum absolute atomic E-state index is 14.0. The van der Waals surface area contributed by atoms with Crippen molar-refractivity contribution in [3.05, 3.63) is 76.4 Å². The monoisotopic (exact) mass is 662 g/mol. The number of rotatable bonds is 9. The van der Waals surface area contributed by atoms with Crippen LogP contribution in [0.5, 0.6) is 11.5 Å². The van der Waals surface area contributed by atoms with E-state index in [1.807, 2.05) is 50.1 Å². The Hall–Kier alpha value is -3.82. The number of carbonyl (C=O) groups excluding carboxylic acids is 2. The van der Waals surface area contributed by atoms with Crippen LogP contribution in [0.25, 0.3) is 0 Å². The van der Waals surface area contributed by atoms with Gasteiger partial charge in [-0.1, -0.05) is 23.7 Å². The highest BCUT2D eigenvalue weighted by Gasteiger charge is 2.37. The van der Waals surface area contributed by atoms with Crippen LogP contribution in [0.15, 0.2) is 54.7 Å². The lowest BCUT2D eigenvalue weighted by Crippen LogP contribution is -2.53. The van der Waals surface area contributed by atoms with E-state index in [0.29, 0.717) is 40.5 Å². The minimum absolute atomic E-state index is 0.0470. The Bertz CT molecular complexity index is 1680. The summed E-state index contributed by atoms with van der Waals surface area (Å²) < 4.78 is 34.4. The zero-order chi connectivity index (χ0) is 35.7. The number of carbonyl (C=O) groups is 2. The topological polar surface area (TPSA) is 78.5 Å². The summed E-state index contributed by atoms with van der Waals surface area (Å²) in [6.45, 7) is 6.87. The Morgan fingerprint density at radius 1 is 1.02 bits per heavy atom. The Labute approximate surface area is 287 Å². The van der Waals surface area contributed by atoms with E-state index >= 15 is 0 Å². The highest BCUT2D eigenvalue weighted by Crippen LogP contribution is 2.44. The number of benzene rings is 2. The molecule has 3 aromatic rings. The van der Waals surface area contributed by atoms with Gasteiger partial charge in [0, 0.05) is 44.8 Å². The van der Waals surface area contributed by atoms with E-state index in [-0.39, 0.29) is 30.1 Å². The zero-order valence-corrected chi connectivity index (χ0v) is 28.4. The molecule has 1 saturated carbocycles. The summed E-state index contributed by atoms with van der Waals surface area (Å²) in [5.74, 6) is 1.79. The molecule has 2 aliphatic heterocycles. The van der Waals surface area contributed by atoms with Crippen molar-refractivity contribution in [1.29, 1.82) is 0 Å². The standard InChI is InChI=1S/C37H46ClN5O4/c1-24(2)47-33-20-31-27(18-32(33)46-5)19-35(44)43(37(31)26-8-10-28(38)11-9-26)30-14-15-34(39-21-30)41(4)22-25-6-12-29(13-7-25)42-17-16-40(3)36(45)23-42/h8-11,14-15,18,20-21,24-25,29,37H,6-7,12-13,16-17,19,22-23H2,1-5H3/t25-,29-,37-/m0/s1/i5D3. The van der Waals surface area contributed by atoms with Gasteiger partial charge in [0.05, 0.1) is 48.1 Å². The molecule has 0 spiro atoms. The van der Waals surface area contributed by atoms with Crippen molar-refractivity contribution in [2.45, 2.75) is 64.1 Å². The van der Waals surface area contributed by atoms with Crippen LogP contribution in [-0.4, -0.2) is 86.1 Å². The number of nitrogens with zero attached hydrogens (tertiary/aromatic N) is 5. The number of likely N-dealkylation sites (N-methyl/N-ethyl adjacent to an activating group) is 1. The summed E-state index contributed by atoms with van der Waals surface area (Å²) in [4.78, 5) is 39.1. The molecule has 1 saturated heterocycles. The van der Waals surface area contributed by atoms with Gasteiger partial charge < -0.3 is 19.3 Å². The number of aromatic nitrogens is 1. The van der Waals surface area contributed by atoms with Crippen LogP contribution in [0, 0.1) is 5.92 Å². The van der Waals surface area contributed by atoms with Crippen molar-refractivity contribution in [1.82, 2.24) is 14.8 Å². The lowest BCUT2D eigenvalue weighted by Gasteiger charge is -2.41. The first-order chi connectivity index (χ1) is 23.8. The molecular weight excluding hydrogens is 614 g/mol. The average molecular weight is 663 g/mol. The highest BCUT2D eigenvalue weighted by molar-refractivity contribution is 6.30. The van der Waals surface area contributed by atoms with Crippen molar-refractivity contribution in [2.75, 3.05) is 57.1 Å². The third-order valence-corrected chi connectivity index (χ3v) is 10.0. The molecule has 1 atom stereocenters. The molecule has 6 rings (SSSR count). The number of pyridine rings is 1. The summed E-state index contributed by atoms with van der Waals surface area (Å²) >= 11 is 6.27. The van der Waals surface area contributed by atoms with Gasteiger partial charge in [0.1, 0.15) is 5.82 Å². The highest BCUT2D eigenvalue weighted by atomic mass is 35.5. The first-order valence-corrected chi connectivity index (χ1v) is 16.9. The van der Waals surface area contributed by atoms with Crippen LogP contribution in [0.3, 0.4) is 0 Å². The number of methoxy groups -OCH3 is 1. The molecule has 3 aliphatic rings. The van der Waals surface area contributed by atoms with Crippen LogP contribution in [-0.2, 0) is 16.0 Å². The average Bonchev–Trinajstić information content (AvgIpc) is 3.06.